The lowest BCUT2D eigenvalue weighted by atomic mass is 10.3. The molecular weight excluding hydrogens is 319 g/mol. The highest BCUT2D eigenvalue weighted by molar-refractivity contribution is 7.90. The van der Waals surface area contributed by atoms with Crippen molar-refractivity contribution in [3.05, 3.63) is 58.8 Å². The van der Waals surface area contributed by atoms with Crippen LogP contribution in [-0.4, -0.2) is 17.4 Å². The topological polar surface area (TPSA) is 52.0 Å². The molecule has 0 N–H and O–H groups in total. The molecule has 20 heavy (non-hydrogen) atoms. The van der Waals surface area contributed by atoms with Crippen LogP contribution in [0.3, 0.4) is 0 Å². The van der Waals surface area contributed by atoms with Crippen LogP contribution in [0.1, 0.15) is 0 Å². The zero-order chi connectivity index (χ0) is 14.3. The molecule has 0 amide bonds. The number of hydrogen-bond acceptors (Lipinski definition) is 3. The minimum Gasteiger partial charge on any atom is -0.236 e. The van der Waals surface area contributed by atoms with E-state index in [1.165, 1.54) is 24.5 Å². The van der Waals surface area contributed by atoms with E-state index in [4.69, 9.17) is 23.2 Å². The first-order valence-electron chi connectivity index (χ1n) is 5.63. The van der Waals surface area contributed by atoms with Crippen molar-refractivity contribution in [1.29, 1.82) is 0 Å². The molecular formula is C13H8Cl2N2O2S. The largest absolute Gasteiger partial charge is 0.270 e. The van der Waals surface area contributed by atoms with Crippen LogP contribution in [0.25, 0.3) is 11.0 Å². The number of rotatable bonds is 2. The summed E-state index contributed by atoms with van der Waals surface area (Å²) in [6.45, 7) is 0. The molecule has 0 saturated heterocycles. The summed E-state index contributed by atoms with van der Waals surface area (Å²) in [4.78, 5) is 4.06. The van der Waals surface area contributed by atoms with E-state index in [2.05, 4.69) is 4.98 Å². The Morgan fingerprint density at radius 1 is 1.05 bits per heavy atom. The van der Waals surface area contributed by atoms with Crippen LogP contribution in [-0.2, 0) is 10.0 Å². The van der Waals surface area contributed by atoms with Crippen molar-refractivity contribution in [3.8, 4) is 0 Å². The predicted octanol–water partition coefficient (Wildman–Crippen LogP) is 3.58. The number of hydrogen-bond donors (Lipinski definition) is 0. The van der Waals surface area contributed by atoms with Gasteiger partial charge in [-0.3, -0.25) is 0 Å². The van der Waals surface area contributed by atoms with Gasteiger partial charge in [-0.05, 0) is 30.3 Å². The van der Waals surface area contributed by atoms with Gasteiger partial charge >= 0.3 is 0 Å². The van der Waals surface area contributed by atoms with Gasteiger partial charge in [0.05, 0.1) is 16.1 Å². The maximum Gasteiger partial charge on any atom is 0.270 e. The van der Waals surface area contributed by atoms with Gasteiger partial charge in [0.2, 0.25) is 0 Å². The van der Waals surface area contributed by atoms with E-state index in [-0.39, 0.29) is 9.92 Å². The molecule has 0 atom stereocenters. The Hall–Kier alpha value is -1.56. The molecule has 0 saturated carbocycles. The zero-order valence-electron chi connectivity index (χ0n) is 9.99. The van der Waals surface area contributed by atoms with Crippen molar-refractivity contribution in [2.24, 2.45) is 0 Å². The zero-order valence-corrected chi connectivity index (χ0v) is 12.3. The normalized spacial score (nSPS) is 11.9. The van der Waals surface area contributed by atoms with Gasteiger partial charge < -0.3 is 0 Å². The number of benzene rings is 2. The Labute approximate surface area is 125 Å². The highest BCUT2D eigenvalue weighted by atomic mass is 35.5. The van der Waals surface area contributed by atoms with Crippen molar-refractivity contribution in [2.75, 3.05) is 0 Å². The van der Waals surface area contributed by atoms with E-state index in [0.29, 0.717) is 16.1 Å². The third-order valence-electron chi connectivity index (χ3n) is 2.85. The van der Waals surface area contributed by atoms with Crippen LogP contribution >= 0.6 is 23.2 Å². The summed E-state index contributed by atoms with van der Waals surface area (Å²) in [6, 6.07) is 11.2. The molecule has 0 bridgehead atoms. The molecule has 0 aliphatic rings. The number of nitrogens with zero attached hydrogens (tertiary/aromatic N) is 2. The summed E-state index contributed by atoms with van der Waals surface area (Å²) in [5.41, 5.74) is 1.10. The fourth-order valence-corrected chi connectivity index (χ4v) is 3.96. The fraction of sp³-hybridized carbons (Fsp3) is 0. The number of para-hydroxylation sites is 2. The average molecular weight is 327 g/mol. The SMILES string of the molecule is O=S(=O)(c1ccc(Cl)cc1Cl)n1cnc2ccccc21. The summed E-state index contributed by atoms with van der Waals surface area (Å²) in [5.74, 6) is 0. The molecule has 4 nitrogen and oxygen atoms in total. The maximum absolute atomic E-state index is 12.6. The van der Waals surface area contributed by atoms with Crippen LogP contribution in [0.4, 0.5) is 0 Å². The predicted molar refractivity (Wildman–Crippen MR) is 78.8 cm³/mol. The quantitative estimate of drug-likeness (QED) is 0.723. The first-order valence-corrected chi connectivity index (χ1v) is 7.82. The van der Waals surface area contributed by atoms with E-state index < -0.39 is 10.0 Å². The second kappa shape index (κ2) is 4.77. The molecule has 0 unspecified atom stereocenters. The minimum atomic E-state index is -3.81. The van der Waals surface area contributed by atoms with Gasteiger partial charge in [-0.15, -0.1) is 0 Å². The van der Waals surface area contributed by atoms with Gasteiger partial charge in [0.25, 0.3) is 10.0 Å². The van der Waals surface area contributed by atoms with E-state index >= 15 is 0 Å². The van der Waals surface area contributed by atoms with Crippen LogP contribution in [0.15, 0.2) is 53.7 Å². The Morgan fingerprint density at radius 3 is 2.55 bits per heavy atom. The fourth-order valence-electron chi connectivity index (χ4n) is 1.92. The summed E-state index contributed by atoms with van der Waals surface area (Å²) < 4.78 is 26.4. The van der Waals surface area contributed by atoms with Crippen LogP contribution in [0.5, 0.6) is 0 Å². The lowest BCUT2D eigenvalue weighted by Gasteiger charge is -2.08. The van der Waals surface area contributed by atoms with Crippen LogP contribution in [0, 0.1) is 0 Å². The molecule has 3 rings (SSSR count). The molecule has 1 heterocycles. The van der Waals surface area contributed by atoms with E-state index in [1.54, 1.807) is 24.3 Å². The number of halogens is 2. The van der Waals surface area contributed by atoms with Crippen molar-refractivity contribution in [1.82, 2.24) is 8.96 Å². The van der Waals surface area contributed by atoms with Gasteiger partial charge in [0.1, 0.15) is 11.2 Å². The molecule has 7 heteroatoms. The first-order chi connectivity index (χ1) is 9.50. The number of imidazole rings is 1. The molecule has 0 spiro atoms. The van der Waals surface area contributed by atoms with Gasteiger partial charge in [-0.1, -0.05) is 35.3 Å². The van der Waals surface area contributed by atoms with E-state index in [9.17, 15) is 8.42 Å². The summed E-state index contributed by atoms with van der Waals surface area (Å²) in [5, 5.41) is 0.458. The highest BCUT2D eigenvalue weighted by Gasteiger charge is 2.22. The summed E-state index contributed by atoms with van der Waals surface area (Å²) in [7, 11) is -3.81. The number of fused-ring (bicyclic) bond motifs is 1. The monoisotopic (exact) mass is 326 g/mol. The second-order valence-corrected chi connectivity index (χ2v) is 6.74. The summed E-state index contributed by atoms with van der Waals surface area (Å²) in [6.07, 6.45) is 1.27. The standard InChI is InChI=1S/C13H8Cl2N2O2S/c14-9-5-6-13(10(15)7-9)20(18,19)17-8-16-11-3-1-2-4-12(11)17/h1-8H. The van der Waals surface area contributed by atoms with Crippen molar-refractivity contribution in [3.63, 3.8) is 0 Å². The van der Waals surface area contributed by atoms with Crippen molar-refractivity contribution in [2.45, 2.75) is 4.90 Å². The third kappa shape index (κ3) is 2.08. The summed E-state index contributed by atoms with van der Waals surface area (Å²) >= 11 is 11.8. The molecule has 0 aliphatic carbocycles. The molecule has 0 fully saturated rings. The molecule has 3 aromatic rings. The lowest BCUT2D eigenvalue weighted by molar-refractivity contribution is 0.589. The number of aromatic nitrogens is 2. The molecule has 1 aromatic heterocycles. The van der Waals surface area contributed by atoms with Crippen LogP contribution in [0.2, 0.25) is 10.0 Å². The second-order valence-electron chi connectivity index (χ2n) is 4.11. The first kappa shape index (κ1) is 13.4. The maximum atomic E-state index is 12.6. The highest BCUT2D eigenvalue weighted by Crippen LogP contribution is 2.28. The van der Waals surface area contributed by atoms with Crippen LogP contribution < -0.4 is 0 Å². The molecule has 0 aliphatic heterocycles. The van der Waals surface area contributed by atoms with Gasteiger partial charge in [-0.2, -0.15) is 0 Å². The lowest BCUT2D eigenvalue weighted by Crippen LogP contribution is -2.12. The average Bonchev–Trinajstić information content (AvgIpc) is 2.82. The Balaban J connectivity index is 2.26. The minimum absolute atomic E-state index is 0.00767. The molecule has 102 valence electrons. The Kier molecular flexibility index (Phi) is 3.20. The van der Waals surface area contributed by atoms with Crippen molar-refractivity contribution >= 4 is 44.3 Å². The van der Waals surface area contributed by atoms with E-state index in [1.807, 2.05) is 0 Å². The Morgan fingerprint density at radius 2 is 1.80 bits per heavy atom. The van der Waals surface area contributed by atoms with Gasteiger partial charge in [-0.25, -0.2) is 17.4 Å². The van der Waals surface area contributed by atoms with Gasteiger partial charge in [0.15, 0.2) is 0 Å². The van der Waals surface area contributed by atoms with Crippen molar-refractivity contribution < 1.29 is 8.42 Å². The Bertz CT molecular complexity index is 904. The molecule has 2 aromatic carbocycles. The van der Waals surface area contributed by atoms with Gasteiger partial charge in [0, 0.05) is 5.02 Å². The third-order valence-corrected chi connectivity index (χ3v) is 5.23. The molecule has 0 radical (unpaired) electrons. The van der Waals surface area contributed by atoms with E-state index in [0.717, 1.165) is 3.97 Å². The smallest absolute Gasteiger partial charge is 0.236 e.